The lowest BCUT2D eigenvalue weighted by Crippen LogP contribution is -2.48. The van der Waals surface area contributed by atoms with Crippen LogP contribution in [0.2, 0.25) is 0 Å². The first-order valence-electron chi connectivity index (χ1n) is 10.0. The lowest BCUT2D eigenvalue weighted by molar-refractivity contribution is -0.121. The Morgan fingerprint density at radius 3 is 2.66 bits per heavy atom. The fourth-order valence-electron chi connectivity index (χ4n) is 3.75. The first-order valence-corrected chi connectivity index (χ1v) is 10.0. The van der Waals surface area contributed by atoms with E-state index in [9.17, 15) is 14.0 Å². The van der Waals surface area contributed by atoms with Crippen molar-refractivity contribution in [3.8, 4) is 0 Å². The van der Waals surface area contributed by atoms with Crippen LogP contribution in [0.25, 0.3) is 0 Å². The SMILES string of the molecule is CCC(=O)N[C@H]1CCN(C(=O)OCc2ccccc2)[C@H](c2ccc(F)cc2C)C1. The Morgan fingerprint density at radius 2 is 1.97 bits per heavy atom. The molecular formula is C23H27FN2O3. The van der Waals surface area contributed by atoms with E-state index in [1.54, 1.807) is 11.0 Å². The molecule has 0 bridgehead atoms. The molecule has 1 heterocycles. The minimum absolute atomic E-state index is 0.00955. The van der Waals surface area contributed by atoms with Gasteiger partial charge in [0.25, 0.3) is 0 Å². The van der Waals surface area contributed by atoms with Crippen LogP contribution in [-0.4, -0.2) is 29.5 Å². The van der Waals surface area contributed by atoms with E-state index in [-0.39, 0.29) is 30.4 Å². The van der Waals surface area contributed by atoms with E-state index in [4.69, 9.17) is 4.74 Å². The first-order chi connectivity index (χ1) is 14.0. The highest BCUT2D eigenvalue weighted by molar-refractivity contribution is 5.76. The van der Waals surface area contributed by atoms with E-state index >= 15 is 0 Å². The van der Waals surface area contributed by atoms with E-state index in [0.29, 0.717) is 25.8 Å². The number of ether oxygens (including phenoxy) is 1. The topological polar surface area (TPSA) is 58.6 Å². The molecule has 1 fully saturated rings. The van der Waals surface area contributed by atoms with Crippen molar-refractivity contribution in [1.29, 1.82) is 0 Å². The van der Waals surface area contributed by atoms with Crippen molar-refractivity contribution in [2.24, 2.45) is 0 Å². The Bertz CT molecular complexity index is 856. The van der Waals surface area contributed by atoms with Gasteiger partial charge < -0.3 is 15.0 Å². The van der Waals surface area contributed by atoms with Crippen molar-refractivity contribution < 1.29 is 18.7 Å². The highest BCUT2D eigenvalue weighted by atomic mass is 19.1. The molecule has 0 unspecified atom stereocenters. The number of nitrogens with zero attached hydrogens (tertiary/aromatic N) is 1. The molecule has 0 saturated carbocycles. The van der Waals surface area contributed by atoms with Gasteiger partial charge in [-0.05, 0) is 48.6 Å². The summed E-state index contributed by atoms with van der Waals surface area (Å²) < 4.78 is 19.2. The molecule has 1 aliphatic heterocycles. The predicted molar refractivity (Wildman–Crippen MR) is 109 cm³/mol. The van der Waals surface area contributed by atoms with Crippen molar-refractivity contribution >= 4 is 12.0 Å². The molecule has 2 amide bonds. The molecule has 1 saturated heterocycles. The van der Waals surface area contributed by atoms with E-state index in [1.807, 2.05) is 44.2 Å². The predicted octanol–water partition coefficient (Wildman–Crippen LogP) is 4.50. The largest absolute Gasteiger partial charge is 0.445 e. The zero-order valence-corrected chi connectivity index (χ0v) is 16.9. The zero-order chi connectivity index (χ0) is 20.8. The molecule has 0 aromatic heterocycles. The van der Waals surface area contributed by atoms with Crippen LogP contribution in [0.3, 0.4) is 0 Å². The molecule has 3 rings (SSSR count). The van der Waals surface area contributed by atoms with Crippen LogP contribution in [0.5, 0.6) is 0 Å². The van der Waals surface area contributed by atoms with E-state index in [2.05, 4.69) is 5.32 Å². The molecule has 6 heteroatoms. The van der Waals surface area contributed by atoms with Crippen LogP contribution in [0.4, 0.5) is 9.18 Å². The number of hydrogen-bond donors (Lipinski definition) is 1. The molecule has 5 nitrogen and oxygen atoms in total. The minimum Gasteiger partial charge on any atom is -0.445 e. The van der Waals surface area contributed by atoms with Crippen molar-refractivity contribution in [2.45, 2.75) is 51.8 Å². The van der Waals surface area contributed by atoms with Gasteiger partial charge in [0.05, 0.1) is 6.04 Å². The van der Waals surface area contributed by atoms with E-state index < -0.39 is 6.09 Å². The number of likely N-dealkylation sites (tertiary alicyclic amines) is 1. The second-order valence-electron chi connectivity index (χ2n) is 7.39. The number of halogens is 1. The summed E-state index contributed by atoms with van der Waals surface area (Å²) in [5.74, 6) is -0.319. The van der Waals surface area contributed by atoms with Gasteiger partial charge in [0.15, 0.2) is 0 Å². The smallest absolute Gasteiger partial charge is 0.410 e. The van der Waals surface area contributed by atoms with Gasteiger partial charge in [0, 0.05) is 19.0 Å². The number of amides is 2. The third-order valence-electron chi connectivity index (χ3n) is 5.32. The normalized spacial score (nSPS) is 18.9. The monoisotopic (exact) mass is 398 g/mol. The number of piperidine rings is 1. The Kier molecular flexibility index (Phi) is 6.86. The van der Waals surface area contributed by atoms with Crippen molar-refractivity contribution in [1.82, 2.24) is 10.2 Å². The molecule has 1 N–H and O–H groups in total. The molecule has 0 aliphatic carbocycles. The summed E-state index contributed by atoms with van der Waals surface area (Å²) in [6, 6.07) is 13.8. The molecule has 1 aliphatic rings. The summed E-state index contributed by atoms with van der Waals surface area (Å²) >= 11 is 0. The molecule has 154 valence electrons. The van der Waals surface area contributed by atoms with Gasteiger partial charge in [-0.1, -0.05) is 43.3 Å². The van der Waals surface area contributed by atoms with Crippen molar-refractivity contribution in [2.75, 3.05) is 6.54 Å². The third kappa shape index (κ3) is 5.34. The maximum Gasteiger partial charge on any atom is 0.410 e. The summed E-state index contributed by atoms with van der Waals surface area (Å²) in [4.78, 5) is 26.4. The van der Waals surface area contributed by atoms with Gasteiger partial charge in [-0.2, -0.15) is 0 Å². The van der Waals surface area contributed by atoms with E-state index in [0.717, 1.165) is 16.7 Å². The molecule has 2 atom stereocenters. The van der Waals surface area contributed by atoms with Crippen molar-refractivity contribution in [3.05, 3.63) is 71.0 Å². The fourth-order valence-corrected chi connectivity index (χ4v) is 3.75. The van der Waals surface area contributed by atoms with Crippen LogP contribution in [0.1, 0.15) is 48.9 Å². The summed E-state index contributed by atoms with van der Waals surface area (Å²) in [7, 11) is 0. The van der Waals surface area contributed by atoms with Gasteiger partial charge in [0.2, 0.25) is 5.91 Å². The van der Waals surface area contributed by atoms with Gasteiger partial charge in [-0.3, -0.25) is 4.79 Å². The third-order valence-corrected chi connectivity index (χ3v) is 5.32. The standard InChI is InChI=1S/C23H27FN2O3/c1-3-22(27)25-19-11-12-26(23(28)29-15-17-7-5-4-6-8-17)21(14-19)20-10-9-18(24)13-16(20)2/h4-10,13,19,21H,3,11-12,14-15H2,1-2H3,(H,25,27)/t19-,21-/m0/s1. The number of rotatable bonds is 5. The van der Waals surface area contributed by atoms with Gasteiger partial charge in [-0.15, -0.1) is 0 Å². The second-order valence-corrected chi connectivity index (χ2v) is 7.39. The maximum absolute atomic E-state index is 13.6. The first kappa shape index (κ1) is 20.8. The van der Waals surface area contributed by atoms with Crippen LogP contribution in [0, 0.1) is 12.7 Å². The lowest BCUT2D eigenvalue weighted by atomic mass is 9.89. The summed E-state index contributed by atoms with van der Waals surface area (Å²) in [5.41, 5.74) is 2.57. The average Bonchev–Trinajstić information content (AvgIpc) is 2.72. The summed E-state index contributed by atoms with van der Waals surface area (Å²) in [6.45, 7) is 4.30. The van der Waals surface area contributed by atoms with Gasteiger partial charge in [-0.25, -0.2) is 9.18 Å². The number of carbonyl (C=O) groups is 2. The Balaban J connectivity index is 1.78. The van der Waals surface area contributed by atoms with Crippen LogP contribution >= 0.6 is 0 Å². The van der Waals surface area contributed by atoms with Gasteiger partial charge in [0.1, 0.15) is 12.4 Å². The molecule has 0 radical (unpaired) electrons. The number of nitrogens with one attached hydrogen (secondary N) is 1. The average molecular weight is 398 g/mol. The van der Waals surface area contributed by atoms with Crippen LogP contribution in [0.15, 0.2) is 48.5 Å². The zero-order valence-electron chi connectivity index (χ0n) is 16.9. The van der Waals surface area contributed by atoms with E-state index in [1.165, 1.54) is 12.1 Å². The number of aryl methyl sites for hydroxylation is 1. The molecule has 29 heavy (non-hydrogen) atoms. The van der Waals surface area contributed by atoms with Crippen molar-refractivity contribution in [3.63, 3.8) is 0 Å². The fraction of sp³-hybridized carbons (Fsp3) is 0.391. The summed E-state index contributed by atoms with van der Waals surface area (Å²) in [6.07, 6.45) is 1.24. The maximum atomic E-state index is 13.6. The molecule has 0 spiro atoms. The minimum atomic E-state index is -0.400. The Hall–Kier alpha value is -2.89. The molecular weight excluding hydrogens is 371 g/mol. The quantitative estimate of drug-likeness (QED) is 0.807. The van der Waals surface area contributed by atoms with Gasteiger partial charge >= 0.3 is 6.09 Å². The van der Waals surface area contributed by atoms with Crippen LogP contribution in [-0.2, 0) is 16.1 Å². The number of hydrogen-bond acceptors (Lipinski definition) is 3. The number of benzene rings is 2. The highest BCUT2D eigenvalue weighted by Crippen LogP contribution is 2.34. The molecule has 2 aromatic carbocycles. The second kappa shape index (κ2) is 9.54. The Morgan fingerprint density at radius 1 is 1.21 bits per heavy atom. The lowest BCUT2D eigenvalue weighted by Gasteiger charge is -2.39. The highest BCUT2D eigenvalue weighted by Gasteiger charge is 2.35. The summed E-state index contributed by atoms with van der Waals surface area (Å²) in [5, 5.41) is 3.02. The molecule has 2 aromatic rings. The number of carbonyl (C=O) groups excluding carboxylic acids is 2. The van der Waals surface area contributed by atoms with Crippen LogP contribution < -0.4 is 5.32 Å². The Labute approximate surface area is 170 Å².